The molecule has 4 nitrogen and oxygen atoms in total. The molecule has 0 saturated heterocycles. The first-order valence-electron chi connectivity index (χ1n) is 6.17. The van der Waals surface area contributed by atoms with Crippen molar-refractivity contribution in [2.45, 2.75) is 13.0 Å². The normalized spacial score (nSPS) is 11.8. The number of amides is 2. The van der Waals surface area contributed by atoms with Crippen LogP contribution in [0.25, 0.3) is 0 Å². The van der Waals surface area contributed by atoms with Gasteiger partial charge in [0.15, 0.2) is 0 Å². The van der Waals surface area contributed by atoms with E-state index in [-0.39, 0.29) is 0 Å². The Kier molecular flexibility index (Phi) is 4.61. The van der Waals surface area contributed by atoms with Crippen LogP contribution in [0.15, 0.2) is 48.5 Å². The van der Waals surface area contributed by atoms with E-state index in [4.69, 9.17) is 11.6 Å². The summed E-state index contributed by atoms with van der Waals surface area (Å²) in [5.41, 5.74) is 1.75. The minimum atomic E-state index is -0.660. The number of aliphatic hydroxyl groups excluding tert-OH is 1. The Hall–Kier alpha value is -2.04. The Morgan fingerprint density at radius 1 is 1.05 bits per heavy atom. The van der Waals surface area contributed by atoms with Gasteiger partial charge in [0.1, 0.15) is 0 Å². The molecule has 0 saturated carbocycles. The van der Waals surface area contributed by atoms with Crippen LogP contribution >= 0.6 is 11.6 Å². The topological polar surface area (TPSA) is 61.4 Å². The van der Waals surface area contributed by atoms with Crippen molar-refractivity contribution in [2.24, 2.45) is 0 Å². The highest BCUT2D eigenvalue weighted by atomic mass is 35.5. The van der Waals surface area contributed by atoms with Crippen LogP contribution in [0.2, 0.25) is 5.02 Å². The smallest absolute Gasteiger partial charge is 0.323 e. The summed E-state index contributed by atoms with van der Waals surface area (Å²) < 4.78 is 0. The molecule has 2 aromatic rings. The van der Waals surface area contributed by atoms with Crippen LogP contribution in [0.3, 0.4) is 0 Å². The highest BCUT2D eigenvalue weighted by molar-refractivity contribution is 6.33. The van der Waals surface area contributed by atoms with Gasteiger partial charge in [-0.1, -0.05) is 41.9 Å². The second-order valence-corrected chi connectivity index (χ2v) is 4.73. The van der Waals surface area contributed by atoms with E-state index in [1.165, 1.54) is 0 Å². The zero-order valence-corrected chi connectivity index (χ0v) is 11.7. The van der Waals surface area contributed by atoms with E-state index in [1.807, 2.05) is 0 Å². The molecule has 2 rings (SSSR count). The summed E-state index contributed by atoms with van der Waals surface area (Å²) in [6.07, 6.45) is -0.660. The van der Waals surface area contributed by atoms with Gasteiger partial charge in [-0.2, -0.15) is 0 Å². The van der Waals surface area contributed by atoms with Crippen LogP contribution < -0.4 is 10.6 Å². The quantitative estimate of drug-likeness (QED) is 0.799. The third-order valence-electron chi connectivity index (χ3n) is 2.78. The number of hydrogen-bond donors (Lipinski definition) is 3. The number of carbonyl (C=O) groups excluding carboxylic acids is 1. The zero-order valence-electron chi connectivity index (χ0n) is 10.9. The van der Waals surface area contributed by atoms with Crippen LogP contribution in [0.5, 0.6) is 0 Å². The lowest BCUT2D eigenvalue weighted by Crippen LogP contribution is -2.20. The average molecular weight is 291 g/mol. The fourth-order valence-electron chi connectivity index (χ4n) is 1.81. The van der Waals surface area contributed by atoms with E-state index in [0.29, 0.717) is 22.0 Å². The SMILES string of the molecule is CC(O)c1ccccc1NC(=O)Nc1ccccc1Cl. The van der Waals surface area contributed by atoms with Crippen molar-refractivity contribution < 1.29 is 9.90 Å². The standard InChI is InChI=1S/C15H15ClN2O2/c1-10(19)11-6-2-4-8-13(11)17-15(20)18-14-9-5-3-7-12(14)16/h2-10,19H,1H3,(H2,17,18,20). The Labute approximate surface area is 122 Å². The molecule has 104 valence electrons. The lowest BCUT2D eigenvalue weighted by Gasteiger charge is -2.14. The van der Waals surface area contributed by atoms with Gasteiger partial charge in [0.2, 0.25) is 0 Å². The predicted octanol–water partition coefficient (Wildman–Crippen LogP) is 4.04. The van der Waals surface area contributed by atoms with Crippen molar-refractivity contribution in [1.82, 2.24) is 0 Å². The summed E-state index contributed by atoms with van der Waals surface area (Å²) in [7, 11) is 0. The van der Waals surface area contributed by atoms with E-state index >= 15 is 0 Å². The van der Waals surface area contributed by atoms with E-state index in [0.717, 1.165) is 0 Å². The van der Waals surface area contributed by atoms with E-state index < -0.39 is 12.1 Å². The van der Waals surface area contributed by atoms with Gasteiger partial charge >= 0.3 is 6.03 Å². The molecule has 0 spiro atoms. The second kappa shape index (κ2) is 6.41. The van der Waals surface area contributed by atoms with Crippen molar-refractivity contribution in [3.05, 3.63) is 59.1 Å². The number of nitrogens with one attached hydrogen (secondary N) is 2. The minimum absolute atomic E-state index is 0.411. The third kappa shape index (κ3) is 3.50. The highest BCUT2D eigenvalue weighted by Gasteiger charge is 2.10. The summed E-state index contributed by atoms with van der Waals surface area (Å²) in [6, 6.07) is 13.6. The molecule has 2 amide bonds. The molecular weight excluding hydrogens is 276 g/mol. The van der Waals surface area contributed by atoms with E-state index in [1.54, 1.807) is 55.5 Å². The molecule has 1 atom stereocenters. The van der Waals surface area contributed by atoms with Gasteiger partial charge in [-0.05, 0) is 25.1 Å². The fraction of sp³-hybridized carbons (Fsp3) is 0.133. The molecule has 2 aromatic carbocycles. The number of rotatable bonds is 3. The lowest BCUT2D eigenvalue weighted by atomic mass is 10.1. The van der Waals surface area contributed by atoms with Crippen LogP contribution in [0.1, 0.15) is 18.6 Å². The van der Waals surface area contributed by atoms with Gasteiger partial charge in [0.05, 0.1) is 16.8 Å². The van der Waals surface area contributed by atoms with Gasteiger partial charge in [-0.3, -0.25) is 0 Å². The van der Waals surface area contributed by atoms with Crippen LogP contribution in [0, 0.1) is 0 Å². The number of halogens is 1. The molecule has 5 heteroatoms. The minimum Gasteiger partial charge on any atom is -0.389 e. The number of anilines is 2. The Morgan fingerprint density at radius 3 is 2.25 bits per heavy atom. The maximum Gasteiger partial charge on any atom is 0.323 e. The van der Waals surface area contributed by atoms with Crippen LogP contribution in [0.4, 0.5) is 16.2 Å². The second-order valence-electron chi connectivity index (χ2n) is 4.32. The van der Waals surface area contributed by atoms with Crippen molar-refractivity contribution in [2.75, 3.05) is 10.6 Å². The average Bonchev–Trinajstić information content (AvgIpc) is 2.41. The van der Waals surface area contributed by atoms with Gasteiger partial charge in [-0.25, -0.2) is 4.79 Å². The monoisotopic (exact) mass is 290 g/mol. The molecule has 0 fully saturated rings. The van der Waals surface area contributed by atoms with Gasteiger partial charge in [0, 0.05) is 11.3 Å². The Balaban J connectivity index is 2.11. The van der Waals surface area contributed by atoms with E-state index in [2.05, 4.69) is 10.6 Å². The number of hydrogen-bond acceptors (Lipinski definition) is 2. The van der Waals surface area contributed by atoms with Crippen LogP contribution in [-0.4, -0.2) is 11.1 Å². The highest BCUT2D eigenvalue weighted by Crippen LogP contribution is 2.24. The summed E-state index contributed by atoms with van der Waals surface area (Å²) in [5.74, 6) is 0. The molecule has 0 aliphatic rings. The zero-order chi connectivity index (χ0) is 14.5. The molecule has 0 heterocycles. The number of para-hydroxylation sites is 2. The maximum absolute atomic E-state index is 11.9. The molecule has 0 bridgehead atoms. The van der Waals surface area contributed by atoms with Gasteiger partial charge in [-0.15, -0.1) is 0 Å². The molecule has 0 aromatic heterocycles. The molecule has 3 N–H and O–H groups in total. The first-order valence-corrected chi connectivity index (χ1v) is 6.55. The van der Waals surface area contributed by atoms with Crippen molar-refractivity contribution in [3.63, 3.8) is 0 Å². The third-order valence-corrected chi connectivity index (χ3v) is 3.11. The van der Waals surface area contributed by atoms with Crippen molar-refractivity contribution >= 4 is 29.0 Å². The lowest BCUT2D eigenvalue weighted by molar-refractivity contribution is 0.200. The largest absolute Gasteiger partial charge is 0.389 e. The van der Waals surface area contributed by atoms with Crippen molar-refractivity contribution in [3.8, 4) is 0 Å². The number of benzene rings is 2. The Bertz CT molecular complexity index is 614. The molecular formula is C15H15ClN2O2. The first kappa shape index (κ1) is 14.4. The van der Waals surface area contributed by atoms with Crippen molar-refractivity contribution in [1.29, 1.82) is 0 Å². The molecule has 20 heavy (non-hydrogen) atoms. The summed E-state index contributed by atoms with van der Waals surface area (Å²) in [4.78, 5) is 11.9. The summed E-state index contributed by atoms with van der Waals surface area (Å²) >= 11 is 5.97. The van der Waals surface area contributed by atoms with Gasteiger partial charge in [0.25, 0.3) is 0 Å². The molecule has 1 unspecified atom stereocenters. The summed E-state index contributed by atoms with van der Waals surface area (Å²) in [6.45, 7) is 1.65. The number of aliphatic hydroxyl groups is 1. The first-order chi connectivity index (χ1) is 9.58. The van der Waals surface area contributed by atoms with Crippen LogP contribution in [-0.2, 0) is 0 Å². The summed E-state index contributed by atoms with van der Waals surface area (Å²) in [5, 5.41) is 15.5. The molecule has 0 radical (unpaired) electrons. The number of carbonyl (C=O) groups is 1. The predicted molar refractivity (Wildman–Crippen MR) is 81.2 cm³/mol. The molecule has 0 aliphatic heterocycles. The van der Waals surface area contributed by atoms with E-state index in [9.17, 15) is 9.90 Å². The fourth-order valence-corrected chi connectivity index (χ4v) is 2.00. The maximum atomic E-state index is 11.9. The number of urea groups is 1. The Morgan fingerprint density at radius 2 is 1.60 bits per heavy atom. The molecule has 0 aliphatic carbocycles. The van der Waals surface area contributed by atoms with Gasteiger partial charge < -0.3 is 15.7 Å².